The van der Waals surface area contributed by atoms with Gasteiger partial charge < -0.3 is 24.1 Å². The van der Waals surface area contributed by atoms with Gasteiger partial charge in [-0.2, -0.15) is 0 Å². The van der Waals surface area contributed by atoms with E-state index in [9.17, 15) is 9.59 Å². The molecule has 0 bridgehead atoms. The van der Waals surface area contributed by atoms with Crippen LogP contribution < -0.4 is 25.1 Å². The zero-order valence-corrected chi connectivity index (χ0v) is 18.1. The van der Waals surface area contributed by atoms with Gasteiger partial charge in [0.05, 0.1) is 35.8 Å². The molecule has 2 aromatic carbocycles. The van der Waals surface area contributed by atoms with Gasteiger partial charge in [-0.25, -0.2) is 0 Å². The van der Waals surface area contributed by atoms with E-state index in [4.69, 9.17) is 14.2 Å². The quantitative estimate of drug-likeness (QED) is 0.505. The summed E-state index contributed by atoms with van der Waals surface area (Å²) in [6.07, 6.45) is 1.72. The Hall–Kier alpha value is -4.33. The highest BCUT2D eigenvalue weighted by Gasteiger charge is 2.17. The normalized spacial score (nSPS) is 12.1. The number of rotatable bonds is 5. The fourth-order valence-electron chi connectivity index (χ4n) is 3.76. The minimum absolute atomic E-state index is 0.156. The Balaban J connectivity index is 1.45. The summed E-state index contributed by atoms with van der Waals surface area (Å²) in [5, 5.41) is 3.22. The molecule has 3 heterocycles. The summed E-state index contributed by atoms with van der Waals surface area (Å²) in [5.74, 6) is 1.60. The van der Waals surface area contributed by atoms with Crippen molar-refractivity contribution in [3.05, 3.63) is 88.0 Å². The lowest BCUT2D eigenvalue weighted by atomic mass is 10.1. The number of hydrogen-bond donors (Lipinski definition) is 1. The smallest absolute Gasteiger partial charge is 0.260 e. The maximum Gasteiger partial charge on any atom is 0.260 e. The van der Waals surface area contributed by atoms with Crippen molar-refractivity contribution in [2.24, 2.45) is 0 Å². The Bertz CT molecular complexity index is 1430. The number of benzene rings is 2. The van der Waals surface area contributed by atoms with E-state index in [1.807, 2.05) is 24.3 Å². The van der Waals surface area contributed by atoms with Crippen LogP contribution in [0.1, 0.15) is 21.6 Å². The van der Waals surface area contributed by atoms with Crippen LogP contribution in [-0.2, 0) is 6.54 Å². The predicted molar refractivity (Wildman–Crippen MR) is 123 cm³/mol. The van der Waals surface area contributed by atoms with Crippen LogP contribution in [0.3, 0.4) is 0 Å². The van der Waals surface area contributed by atoms with Gasteiger partial charge in [0.15, 0.2) is 11.5 Å². The van der Waals surface area contributed by atoms with Gasteiger partial charge in [0.1, 0.15) is 5.75 Å². The van der Waals surface area contributed by atoms with Gasteiger partial charge in [-0.15, -0.1) is 0 Å². The number of nitrogens with zero attached hydrogens (tertiary/aromatic N) is 2. The van der Waals surface area contributed by atoms with Crippen LogP contribution in [0.4, 0.5) is 5.69 Å². The third-order valence-electron chi connectivity index (χ3n) is 5.53. The number of hydrogen-bond acceptors (Lipinski definition) is 6. The summed E-state index contributed by atoms with van der Waals surface area (Å²) in [5.41, 5.74) is 2.72. The molecule has 1 aliphatic heterocycles. The lowest BCUT2D eigenvalue weighted by molar-refractivity contribution is 0.102. The van der Waals surface area contributed by atoms with Crippen LogP contribution in [-0.4, -0.2) is 29.4 Å². The first-order valence-electron chi connectivity index (χ1n) is 10.4. The molecule has 8 heteroatoms. The van der Waals surface area contributed by atoms with Crippen molar-refractivity contribution in [1.82, 2.24) is 9.55 Å². The molecule has 1 amide bonds. The molecule has 33 heavy (non-hydrogen) atoms. The molecule has 0 radical (unpaired) electrons. The standard InChI is InChI=1S/C25H21N3O5/c1-15-19(24(29)27-17-5-8-22-23(11-17)33-14-32-22)12-20-21(26-15)9-10-28(25(20)30)13-16-3-6-18(31-2)7-4-16/h3-12H,13-14H2,1-2H3,(H,27,29). The molecular weight excluding hydrogens is 422 g/mol. The van der Waals surface area contributed by atoms with E-state index < -0.39 is 0 Å². The average Bonchev–Trinajstić information content (AvgIpc) is 3.29. The minimum Gasteiger partial charge on any atom is -0.497 e. The van der Waals surface area contributed by atoms with E-state index in [0.29, 0.717) is 45.9 Å². The highest BCUT2D eigenvalue weighted by atomic mass is 16.7. The predicted octanol–water partition coefficient (Wildman–Crippen LogP) is 3.74. The molecule has 4 aromatic rings. The summed E-state index contributed by atoms with van der Waals surface area (Å²) < 4.78 is 17.4. The van der Waals surface area contributed by atoms with E-state index in [0.717, 1.165) is 11.3 Å². The van der Waals surface area contributed by atoms with Gasteiger partial charge in [-0.05, 0) is 48.9 Å². The largest absolute Gasteiger partial charge is 0.497 e. The highest BCUT2D eigenvalue weighted by molar-refractivity contribution is 6.06. The highest BCUT2D eigenvalue weighted by Crippen LogP contribution is 2.34. The topological polar surface area (TPSA) is 91.7 Å². The number of methoxy groups -OCH3 is 1. The molecule has 2 aromatic heterocycles. The van der Waals surface area contributed by atoms with Crippen molar-refractivity contribution < 1.29 is 19.0 Å². The van der Waals surface area contributed by atoms with Crippen molar-refractivity contribution >= 4 is 22.5 Å². The van der Waals surface area contributed by atoms with Crippen molar-refractivity contribution in [1.29, 1.82) is 0 Å². The van der Waals surface area contributed by atoms with E-state index in [-0.39, 0.29) is 18.3 Å². The second kappa shape index (κ2) is 8.31. The minimum atomic E-state index is -0.356. The van der Waals surface area contributed by atoms with Crippen LogP contribution >= 0.6 is 0 Å². The van der Waals surface area contributed by atoms with Gasteiger partial charge >= 0.3 is 0 Å². The van der Waals surface area contributed by atoms with Crippen LogP contribution in [0.5, 0.6) is 17.2 Å². The number of pyridine rings is 2. The summed E-state index contributed by atoms with van der Waals surface area (Å²) in [6.45, 7) is 2.30. The van der Waals surface area contributed by atoms with E-state index in [2.05, 4.69) is 10.3 Å². The van der Waals surface area contributed by atoms with E-state index >= 15 is 0 Å². The Morgan fingerprint density at radius 1 is 1.09 bits per heavy atom. The molecule has 8 nitrogen and oxygen atoms in total. The molecule has 0 saturated carbocycles. The summed E-state index contributed by atoms with van der Waals surface area (Å²) in [4.78, 5) is 30.6. The van der Waals surface area contributed by atoms with Crippen LogP contribution in [0.15, 0.2) is 65.6 Å². The first-order chi connectivity index (χ1) is 16.0. The number of carbonyl (C=O) groups is 1. The maximum atomic E-state index is 13.2. The van der Waals surface area contributed by atoms with Gasteiger partial charge in [0, 0.05) is 18.0 Å². The van der Waals surface area contributed by atoms with Crippen LogP contribution in [0.25, 0.3) is 10.9 Å². The Morgan fingerprint density at radius 3 is 2.67 bits per heavy atom. The summed E-state index contributed by atoms with van der Waals surface area (Å²) in [7, 11) is 1.61. The van der Waals surface area contributed by atoms with E-state index in [1.54, 1.807) is 55.1 Å². The molecule has 0 saturated heterocycles. The second-order valence-corrected chi connectivity index (χ2v) is 7.67. The van der Waals surface area contributed by atoms with Crippen molar-refractivity contribution in [2.45, 2.75) is 13.5 Å². The third kappa shape index (κ3) is 3.98. The zero-order valence-electron chi connectivity index (χ0n) is 18.1. The number of nitrogens with one attached hydrogen (secondary N) is 1. The molecular formula is C25H21N3O5. The monoisotopic (exact) mass is 443 g/mol. The fourth-order valence-corrected chi connectivity index (χ4v) is 3.76. The van der Waals surface area contributed by atoms with Crippen LogP contribution in [0.2, 0.25) is 0 Å². The number of aryl methyl sites for hydroxylation is 1. The average molecular weight is 443 g/mol. The third-order valence-corrected chi connectivity index (χ3v) is 5.53. The van der Waals surface area contributed by atoms with Gasteiger partial charge in [-0.3, -0.25) is 14.6 Å². The molecule has 1 N–H and O–H groups in total. The molecule has 0 unspecified atom stereocenters. The van der Waals surface area contributed by atoms with Crippen LogP contribution in [0, 0.1) is 6.92 Å². The first-order valence-corrected chi connectivity index (χ1v) is 10.4. The lowest BCUT2D eigenvalue weighted by Gasteiger charge is -2.11. The fraction of sp³-hybridized carbons (Fsp3) is 0.160. The number of carbonyl (C=O) groups excluding carboxylic acids is 1. The summed E-state index contributed by atoms with van der Waals surface area (Å²) in [6, 6.07) is 16.1. The Morgan fingerprint density at radius 2 is 1.88 bits per heavy atom. The number of amides is 1. The maximum absolute atomic E-state index is 13.2. The molecule has 1 aliphatic rings. The molecule has 0 fully saturated rings. The second-order valence-electron chi connectivity index (χ2n) is 7.67. The lowest BCUT2D eigenvalue weighted by Crippen LogP contribution is -2.22. The molecule has 0 aliphatic carbocycles. The van der Waals surface area contributed by atoms with E-state index in [1.165, 1.54) is 0 Å². The number of anilines is 1. The molecule has 166 valence electrons. The first kappa shape index (κ1) is 20.6. The Labute approximate surface area is 189 Å². The Kier molecular flexibility index (Phi) is 5.18. The number of aromatic nitrogens is 2. The van der Waals surface area contributed by atoms with Crippen molar-refractivity contribution in [3.63, 3.8) is 0 Å². The van der Waals surface area contributed by atoms with Gasteiger partial charge in [0.2, 0.25) is 6.79 Å². The molecule has 0 spiro atoms. The van der Waals surface area contributed by atoms with Gasteiger partial charge in [-0.1, -0.05) is 12.1 Å². The SMILES string of the molecule is COc1ccc(Cn2ccc3nc(C)c(C(=O)Nc4ccc5c(c4)OCO5)cc3c2=O)cc1. The van der Waals surface area contributed by atoms with Gasteiger partial charge in [0.25, 0.3) is 11.5 Å². The summed E-state index contributed by atoms with van der Waals surface area (Å²) >= 11 is 0. The van der Waals surface area contributed by atoms with Crippen molar-refractivity contribution in [2.75, 3.05) is 19.2 Å². The van der Waals surface area contributed by atoms with Crippen molar-refractivity contribution in [3.8, 4) is 17.2 Å². The number of ether oxygens (including phenoxy) is 3. The molecule has 5 rings (SSSR count). The molecule has 0 atom stereocenters. The zero-order chi connectivity index (χ0) is 22.9. The number of fused-ring (bicyclic) bond motifs is 2.